The number of hydrogen-bond acceptors (Lipinski definition) is 10. The zero-order valence-electron chi connectivity index (χ0n) is 33.6. The van der Waals surface area contributed by atoms with Gasteiger partial charge in [-0.2, -0.15) is 0 Å². The molecule has 308 valence electrons. The van der Waals surface area contributed by atoms with Crippen LogP contribution in [0.1, 0.15) is 98.5 Å². The van der Waals surface area contributed by atoms with Crippen molar-refractivity contribution < 1.29 is 54.8 Å². The van der Waals surface area contributed by atoms with Crippen LogP contribution in [0.15, 0.2) is 42.0 Å². The summed E-state index contributed by atoms with van der Waals surface area (Å²) >= 11 is 0. The number of allylic oxidation sites excluding steroid dienone is 2. The molecule has 0 bridgehead atoms. The molecule has 0 amide bonds. The molecule has 0 unspecified atom stereocenters. The highest BCUT2D eigenvalue weighted by Gasteiger charge is 2.74. The Labute approximate surface area is 326 Å². The highest BCUT2D eigenvalue weighted by molar-refractivity contribution is 5.78. The minimum atomic E-state index is -1.49. The van der Waals surface area contributed by atoms with Gasteiger partial charge in [0.15, 0.2) is 6.29 Å². The molecule has 11 nitrogen and oxygen atoms in total. The van der Waals surface area contributed by atoms with Crippen LogP contribution < -0.4 is 0 Å². The van der Waals surface area contributed by atoms with Crippen LogP contribution in [0.3, 0.4) is 0 Å². The van der Waals surface area contributed by atoms with Crippen LogP contribution in [-0.2, 0) is 25.6 Å². The number of rotatable bonds is 9. The van der Waals surface area contributed by atoms with Crippen LogP contribution in [-0.4, -0.2) is 104 Å². The number of aliphatic hydroxyl groups excluding tert-OH is 6. The van der Waals surface area contributed by atoms with E-state index in [1.165, 1.54) is 0 Å². The van der Waals surface area contributed by atoms with Crippen molar-refractivity contribution in [2.45, 2.75) is 142 Å². The van der Waals surface area contributed by atoms with Crippen molar-refractivity contribution in [1.29, 1.82) is 0 Å². The Morgan fingerprint density at radius 2 is 1.62 bits per heavy atom. The fraction of sp³-hybridized carbons (Fsp3) is 0.795. The number of hydrogen-bond donors (Lipinski definition) is 7. The third kappa shape index (κ3) is 5.95. The highest BCUT2D eigenvalue weighted by atomic mass is 16.7. The highest BCUT2D eigenvalue weighted by Crippen LogP contribution is 2.77. The van der Waals surface area contributed by atoms with Gasteiger partial charge >= 0.3 is 5.97 Å². The first kappa shape index (κ1) is 41.2. The molecule has 17 atom stereocenters. The van der Waals surface area contributed by atoms with Crippen molar-refractivity contribution in [3.05, 3.63) is 47.5 Å². The monoisotopic (exact) mass is 770 g/mol. The maximum Gasteiger partial charge on any atom is 0.312 e. The zero-order chi connectivity index (χ0) is 39.9. The lowest BCUT2D eigenvalue weighted by Gasteiger charge is -2.73. The van der Waals surface area contributed by atoms with Crippen molar-refractivity contribution in [1.82, 2.24) is 0 Å². The van der Waals surface area contributed by atoms with E-state index in [-0.39, 0.29) is 54.8 Å². The van der Waals surface area contributed by atoms with Gasteiger partial charge in [-0.1, -0.05) is 89.9 Å². The quantitative estimate of drug-likeness (QED) is 0.139. The molecular formula is C44H66O11. The topological polar surface area (TPSA) is 186 Å². The molecule has 0 spiro atoms. The Morgan fingerprint density at radius 1 is 0.909 bits per heavy atom. The Kier molecular flexibility index (Phi) is 10.8. The van der Waals surface area contributed by atoms with E-state index in [1.54, 1.807) is 0 Å². The summed E-state index contributed by atoms with van der Waals surface area (Å²) in [5.74, 6) is -1.27. The Hall–Kier alpha value is -1.93. The first-order valence-electron chi connectivity index (χ1n) is 20.7. The lowest BCUT2D eigenvalue weighted by Crippen LogP contribution is -2.71. The van der Waals surface area contributed by atoms with Crippen LogP contribution >= 0.6 is 0 Å². The Bertz CT molecular complexity index is 1600. The summed E-state index contributed by atoms with van der Waals surface area (Å²) in [6.07, 6.45) is -0.627. The number of carboxylic acid groups (broad SMARTS) is 1. The van der Waals surface area contributed by atoms with Gasteiger partial charge in [-0.25, -0.2) is 0 Å². The second-order valence-electron chi connectivity index (χ2n) is 19.8. The first-order chi connectivity index (χ1) is 25.9. The molecule has 1 aromatic rings. The van der Waals surface area contributed by atoms with Gasteiger partial charge in [-0.05, 0) is 95.8 Å². The smallest absolute Gasteiger partial charge is 0.312 e. The standard InChI is InChI=1S/C44H66O11/c1-7-26-17-44(38(51)52)28(18-39(2,23-45)20-33(44)48)27-13-14-32-40(3)19-30(53-21-25-11-9-8-10-12-25)36(55-37-35(50)34(49)29(47)22-54-37)41(4,24-46)31(40)15-16-42(32,5)43(26,27)6/h8-13,26,28-37,45-50H,7,14-24H2,1-6H3,(H,51,52)/t26-,28+,29-,30-,31+,32-,33-,34+,35-,36-,37+,39-,40+,41+,42-,43-,44+/m1/s1. The summed E-state index contributed by atoms with van der Waals surface area (Å²) in [5, 5.41) is 76.6. The number of benzene rings is 1. The molecule has 5 aliphatic carbocycles. The number of aliphatic carboxylic acids is 1. The minimum Gasteiger partial charge on any atom is -0.481 e. The fourth-order valence-corrected chi connectivity index (χ4v) is 14.0. The number of fused-ring (bicyclic) bond motifs is 7. The maximum atomic E-state index is 13.4. The SMILES string of the molecule is CC[C@@H]1C[C@@]2(C(=O)O)[C@H](O)C[C@](C)(CO)C[C@H]2C2=CC[C@@H]3[C@@]4(C)C[C@@H](OCc5ccccc5)[C@@H](O[C@@H]5OC[C@@H](O)[C@H](O)[C@H]5O)[C@@](C)(CO)[C@H]4CC[C@@]3(C)[C@@]21C. The lowest BCUT2D eigenvalue weighted by atomic mass is 9.31. The molecular weight excluding hydrogens is 704 g/mol. The largest absolute Gasteiger partial charge is 0.481 e. The van der Waals surface area contributed by atoms with E-state index in [0.717, 1.165) is 30.4 Å². The Balaban J connectivity index is 1.31. The van der Waals surface area contributed by atoms with Crippen LogP contribution in [0, 0.1) is 56.2 Å². The van der Waals surface area contributed by atoms with E-state index >= 15 is 0 Å². The van der Waals surface area contributed by atoms with Gasteiger partial charge < -0.3 is 50.0 Å². The average molecular weight is 771 g/mol. The normalized spacial score (nSPS) is 50.8. The predicted octanol–water partition coefficient (Wildman–Crippen LogP) is 4.44. The van der Waals surface area contributed by atoms with E-state index in [9.17, 15) is 40.5 Å². The van der Waals surface area contributed by atoms with Crippen molar-refractivity contribution in [2.24, 2.45) is 56.2 Å². The molecule has 7 rings (SSSR count). The van der Waals surface area contributed by atoms with Crippen LogP contribution in [0.2, 0.25) is 0 Å². The van der Waals surface area contributed by atoms with Crippen molar-refractivity contribution in [3.63, 3.8) is 0 Å². The van der Waals surface area contributed by atoms with Crippen LogP contribution in [0.4, 0.5) is 0 Å². The van der Waals surface area contributed by atoms with Gasteiger partial charge in [-0.15, -0.1) is 0 Å². The third-order valence-corrected chi connectivity index (χ3v) is 17.1. The number of carboxylic acids is 1. The van der Waals surface area contributed by atoms with E-state index < -0.39 is 76.5 Å². The second kappa shape index (κ2) is 14.4. The van der Waals surface area contributed by atoms with Crippen LogP contribution in [0.25, 0.3) is 0 Å². The molecule has 1 aliphatic heterocycles. The van der Waals surface area contributed by atoms with Gasteiger partial charge in [0.1, 0.15) is 23.7 Å². The summed E-state index contributed by atoms with van der Waals surface area (Å²) < 4.78 is 19.3. The number of carbonyl (C=O) groups is 1. The van der Waals surface area contributed by atoms with Crippen LogP contribution in [0.5, 0.6) is 0 Å². The van der Waals surface area contributed by atoms with Crippen molar-refractivity contribution in [3.8, 4) is 0 Å². The first-order valence-corrected chi connectivity index (χ1v) is 20.7. The fourth-order valence-electron chi connectivity index (χ4n) is 14.0. The summed E-state index contributed by atoms with van der Waals surface area (Å²) in [5.41, 5.74) is -1.69. The van der Waals surface area contributed by atoms with Gasteiger partial charge in [0, 0.05) is 12.0 Å². The molecule has 0 radical (unpaired) electrons. The molecule has 11 heteroatoms. The number of aliphatic hydroxyl groups is 6. The summed E-state index contributed by atoms with van der Waals surface area (Å²) in [7, 11) is 0. The molecule has 0 aromatic heterocycles. The predicted molar refractivity (Wildman–Crippen MR) is 203 cm³/mol. The summed E-state index contributed by atoms with van der Waals surface area (Å²) in [6, 6.07) is 9.88. The van der Waals surface area contributed by atoms with E-state index in [1.807, 2.05) is 44.2 Å². The van der Waals surface area contributed by atoms with Gasteiger partial charge in [0.25, 0.3) is 0 Å². The third-order valence-electron chi connectivity index (χ3n) is 17.1. The van der Waals surface area contributed by atoms with E-state index in [4.69, 9.17) is 14.2 Å². The van der Waals surface area contributed by atoms with Gasteiger partial charge in [0.05, 0.1) is 38.1 Å². The molecule has 1 heterocycles. The molecule has 5 fully saturated rings. The van der Waals surface area contributed by atoms with Crippen molar-refractivity contribution in [2.75, 3.05) is 19.8 Å². The van der Waals surface area contributed by atoms with Crippen molar-refractivity contribution >= 4 is 5.97 Å². The molecule has 55 heavy (non-hydrogen) atoms. The van der Waals surface area contributed by atoms with E-state index in [2.05, 4.69) is 33.8 Å². The molecule has 1 saturated heterocycles. The lowest BCUT2D eigenvalue weighted by molar-refractivity contribution is -0.333. The second-order valence-corrected chi connectivity index (χ2v) is 19.8. The van der Waals surface area contributed by atoms with E-state index in [0.29, 0.717) is 32.3 Å². The van der Waals surface area contributed by atoms with Gasteiger partial charge in [0.2, 0.25) is 0 Å². The average Bonchev–Trinajstić information content (AvgIpc) is 3.15. The molecule has 4 saturated carbocycles. The molecule has 1 aromatic carbocycles. The molecule has 7 N–H and O–H groups in total. The van der Waals surface area contributed by atoms with Gasteiger partial charge in [-0.3, -0.25) is 4.79 Å². The zero-order valence-corrected chi connectivity index (χ0v) is 33.6. The summed E-state index contributed by atoms with van der Waals surface area (Å²) in [4.78, 5) is 13.4. The number of ether oxygens (including phenoxy) is 3. The maximum absolute atomic E-state index is 13.4. The Morgan fingerprint density at radius 3 is 2.25 bits per heavy atom. The summed E-state index contributed by atoms with van der Waals surface area (Å²) in [6.45, 7) is 13.0. The molecule has 6 aliphatic rings. The minimum absolute atomic E-state index is 0.00655.